The third-order valence-electron chi connectivity index (χ3n) is 2.76. The standard InChI is InChI=1S/C15H10ClN3O3/c16-13-8-10(6-7-12(13)14-19-17-9-21-14)18-15(20)22-11-4-2-1-3-5-11/h1-9H,(H,18,20). The van der Waals surface area contributed by atoms with Crippen LogP contribution in [0.25, 0.3) is 11.5 Å². The number of carbonyl (C=O) groups is 1. The first kappa shape index (κ1) is 14.1. The number of benzene rings is 2. The summed E-state index contributed by atoms with van der Waals surface area (Å²) in [5, 5.41) is 10.3. The molecule has 0 bridgehead atoms. The van der Waals surface area contributed by atoms with Crippen molar-refractivity contribution in [2.45, 2.75) is 0 Å². The lowest BCUT2D eigenvalue weighted by Crippen LogP contribution is -2.16. The molecule has 1 amide bonds. The first-order valence-corrected chi connectivity index (χ1v) is 6.70. The molecule has 0 saturated carbocycles. The molecule has 0 unspecified atom stereocenters. The predicted octanol–water partition coefficient (Wildman–Crippen LogP) is 4.00. The molecule has 0 fully saturated rings. The van der Waals surface area contributed by atoms with Crippen LogP contribution in [0.4, 0.5) is 10.5 Å². The summed E-state index contributed by atoms with van der Waals surface area (Å²) < 4.78 is 10.2. The molecule has 0 radical (unpaired) electrons. The predicted molar refractivity (Wildman–Crippen MR) is 80.8 cm³/mol. The first-order chi connectivity index (χ1) is 10.7. The van der Waals surface area contributed by atoms with Crippen LogP contribution in [0.2, 0.25) is 5.02 Å². The molecule has 0 spiro atoms. The van der Waals surface area contributed by atoms with Gasteiger partial charge >= 0.3 is 6.09 Å². The van der Waals surface area contributed by atoms with Gasteiger partial charge < -0.3 is 9.15 Å². The van der Waals surface area contributed by atoms with Crippen LogP contribution in [-0.2, 0) is 0 Å². The maximum atomic E-state index is 11.8. The zero-order valence-corrected chi connectivity index (χ0v) is 11.9. The average Bonchev–Trinajstić information content (AvgIpc) is 3.02. The van der Waals surface area contributed by atoms with Gasteiger partial charge in [0.05, 0.1) is 10.6 Å². The molecule has 22 heavy (non-hydrogen) atoms. The summed E-state index contributed by atoms with van der Waals surface area (Å²) in [7, 11) is 0. The molecule has 3 aromatic rings. The number of hydrogen-bond donors (Lipinski definition) is 1. The van der Waals surface area contributed by atoms with Crippen molar-refractivity contribution in [2.24, 2.45) is 0 Å². The fourth-order valence-electron chi connectivity index (χ4n) is 1.80. The number of halogens is 1. The lowest BCUT2D eigenvalue weighted by molar-refractivity contribution is 0.215. The van der Waals surface area contributed by atoms with Crippen molar-refractivity contribution < 1.29 is 13.9 Å². The number of anilines is 1. The van der Waals surface area contributed by atoms with Crippen LogP contribution in [-0.4, -0.2) is 16.3 Å². The Morgan fingerprint density at radius 3 is 2.68 bits per heavy atom. The normalized spacial score (nSPS) is 10.2. The molecule has 6 nitrogen and oxygen atoms in total. The van der Waals surface area contributed by atoms with Gasteiger partial charge in [-0.3, -0.25) is 5.32 Å². The number of hydrogen-bond acceptors (Lipinski definition) is 5. The minimum absolute atomic E-state index is 0.309. The van der Waals surface area contributed by atoms with Crippen molar-refractivity contribution in [3.8, 4) is 17.2 Å². The minimum atomic E-state index is -0.604. The first-order valence-electron chi connectivity index (χ1n) is 6.32. The van der Waals surface area contributed by atoms with Gasteiger partial charge in [0, 0.05) is 5.69 Å². The summed E-state index contributed by atoms with van der Waals surface area (Å²) in [6.45, 7) is 0. The maximum absolute atomic E-state index is 11.8. The monoisotopic (exact) mass is 315 g/mol. The SMILES string of the molecule is O=C(Nc1ccc(-c2nnco2)c(Cl)c1)Oc1ccccc1. The average molecular weight is 316 g/mol. The third-order valence-corrected chi connectivity index (χ3v) is 3.07. The quantitative estimate of drug-likeness (QED) is 0.790. The number of ether oxygens (including phenoxy) is 1. The minimum Gasteiger partial charge on any atom is -0.423 e. The molecule has 1 aromatic heterocycles. The molecule has 7 heteroatoms. The summed E-state index contributed by atoms with van der Waals surface area (Å²) in [5.41, 5.74) is 1.08. The largest absolute Gasteiger partial charge is 0.423 e. The summed E-state index contributed by atoms with van der Waals surface area (Å²) in [6, 6.07) is 13.7. The van der Waals surface area contributed by atoms with E-state index in [9.17, 15) is 4.79 Å². The van der Waals surface area contributed by atoms with E-state index in [0.717, 1.165) is 0 Å². The Balaban J connectivity index is 1.71. The number of aromatic nitrogens is 2. The van der Waals surface area contributed by atoms with Gasteiger partial charge in [0.15, 0.2) is 0 Å². The molecular formula is C15H10ClN3O3. The number of amides is 1. The van der Waals surface area contributed by atoms with E-state index in [1.54, 1.807) is 42.5 Å². The molecular weight excluding hydrogens is 306 g/mol. The van der Waals surface area contributed by atoms with Crippen molar-refractivity contribution in [1.82, 2.24) is 10.2 Å². The van der Waals surface area contributed by atoms with Crippen LogP contribution < -0.4 is 10.1 Å². The lowest BCUT2D eigenvalue weighted by atomic mass is 10.2. The van der Waals surface area contributed by atoms with Gasteiger partial charge in [-0.1, -0.05) is 29.8 Å². The van der Waals surface area contributed by atoms with Gasteiger partial charge in [-0.15, -0.1) is 10.2 Å². The number of nitrogens with one attached hydrogen (secondary N) is 1. The summed E-state index contributed by atoms with van der Waals surface area (Å²) in [5.74, 6) is 0.761. The molecule has 2 aromatic carbocycles. The fourth-order valence-corrected chi connectivity index (χ4v) is 2.06. The highest BCUT2D eigenvalue weighted by Crippen LogP contribution is 2.28. The Bertz CT molecular complexity index is 776. The Morgan fingerprint density at radius 2 is 2.00 bits per heavy atom. The number of nitrogens with zero attached hydrogens (tertiary/aromatic N) is 2. The van der Waals surface area contributed by atoms with Crippen LogP contribution in [0.5, 0.6) is 5.75 Å². The van der Waals surface area contributed by atoms with E-state index in [1.807, 2.05) is 6.07 Å². The highest BCUT2D eigenvalue weighted by Gasteiger charge is 2.11. The highest BCUT2D eigenvalue weighted by molar-refractivity contribution is 6.33. The number of para-hydroxylation sites is 1. The van der Waals surface area contributed by atoms with Crippen molar-refractivity contribution >= 4 is 23.4 Å². The van der Waals surface area contributed by atoms with Crippen molar-refractivity contribution in [3.63, 3.8) is 0 Å². The van der Waals surface area contributed by atoms with Crippen molar-refractivity contribution in [3.05, 3.63) is 59.9 Å². The molecule has 0 aliphatic carbocycles. The highest BCUT2D eigenvalue weighted by atomic mass is 35.5. The zero-order valence-electron chi connectivity index (χ0n) is 11.2. The Morgan fingerprint density at radius 1 is 1.18 bits per heavy atom. The molecule has 0 aliphatic rings. The molecule has 0 aliphatic heterocycles. The smallest absolute Gasteiger partial charge is 0.417 e. The van der Waals surface area contributed by atoms with Gasteiger partial charge in [-0.25, -0.2) is 4.79 Å². The summed E-state index contributed by atoms with van der Waals surface area (Å²) >= 11 is 6.14. The van der Waals surface area contributed by atoms with Crippen LogP contribution >= 0.6 is 11.6 Å². The van der Waals surface area contributed by atoms with E-state index < -0.39 is 6.09 Å². The van der Waals surface area contributed by atoms with Crippen LogP contribution in [0, 0.1) is 0 Å². The Kier molecular flexibility index (Phi) is 4.02. The second kappa shape index (κ2) is 6.28. The van der Waals surface area contributed by atoms with E-state index in [0.29, 0.717) is 27.9 Å². The van der Waals surface area contributed by atoms with Crippen LogP contribution in [0.15, 0.2) is 59.3 Å². The molecule has 0 saturated heterocycles. The van der Waals surface area contributed by atoms with Crippen molar-refractivity contribution in [2.75, 3.05) is 5.32 Å². The van der Waals surface area contributed by atoms with Crippen molar-refractivity contribution in [1.29, 1.82) is 0 Å². The van der Waals surface area contributed by atoms with E-state index in [1.165, 1.54) is 6.39 Å². The van der Waals surface area contributed by atoms with Gasteiger partial charge in [-0.2, -0.15) is 0 Å². The van der Waals surface area contributed by atoms with Gasteiger partial charge in [-0.05, 0) is 30.3 Å². The second-order valence-electron chi connectivity index (χ2n) is 4.27. The van der Waals surface area contributed by atoms with Gasteiger partial charge in [0.2, 0.25) is 12.3 Å². The molecule has 1 heterocycles. The van der Waals surface area contributed by atoms with E-state index >= 15 is 0 Å². The Hall–Kier alpha value is -2.86. The number of carbonyl (C=O) groups excluding carboxylic acids is 1. The molecule has 1 N–H and O–H groups in total. The second-order valence-corrected chi connectivity index (χ2v) is 4.67. The third kappa shape index (κ3) is 3.24. The zero-order chi connectivity index (χ0) is 15.4. The fraction of sp³-hybridized carbons (Fsp3) is 0. The lowest BCUT2D eigenvalue weighted by Gasteiger charge is -2.07. The van der Waals surface area contributed by atoms with Gasteiger partial charge in [0.1, 0.15) is 5.75 Å². The molecule has 110 valence electrons. The maximum Gasteiger partial charge on any atom is 0.417 e. The summed E-state index contributed by atoms with van der Waals surface area (Å²) in [4.78, 5) is 11.8. The topological polar surface area (TPSA) is 77.3 Å². The van der Waals surface area contributed by atoms with Gasteiger partial charge in [0.25, 0.3) is 0 Å². The van der Waals surface area contributed by atoms with E-state index in [4.69, 9.17) is 20.8 Å². The molecule has 3 rings (SSSR count). The Labute approximate surface area is 130 Å². The molecule has 0 atom stereocenters. The van der Waals surface area contributed by atoms with Crippen LogP contribution in [0.3, 0.4) is 0 Å². The van der Waals surface area contributed by atoms with E-state index in [2.05, 4.69) is 15.5 Å². The van der Waals surface area contributed by atoms with E-state index in [-0.39, 0.29) is 0 Å². The summed E-state index contributed by atoms with van der Waals surface area (Å²) in [6.07, 6.45) is 0.613. The number of rotatable bonds is 3. The van der Waals surface area contributed by atoms with Crippen LogP contribution in [0.1, 0.15) is 0 Å².